The summed E-state index contributed by atoms with van der Waals surface area (Å²) < 4.78 is 5.70. The van der Waals surface area contributed by atoms with Gasteiger partial charge in [0.1, 0.15) is 18.1 Å². The van der Waals surface area contributed by atoms with Gasteiger partial charge in [0.05, 0.1) is 0 Å². The van der Waals surface area contributed by atoms with Crippen LogP contribution in [0.15, 0.2) is 79.1 Å². The number of pyridine rings is 1. The summed E-state index contributed by atoms with van der Waals surface area (Å²) in [4.78, 5) is 16.1. The van der Waals surface area contributed by atoms with E-state index in [9.17, 15) is 9.90 Å². The standard InChI is InChI=1S/C21H17NO3/c23-19-5-1-4-18(13-19)21(24)11-8-16-6-9-20(10-7-16)25-15-17-3-2-12-22-14-17/h1-14,23H,15H2. The summed E-state index contributed by atoms with van der Waals surface area (Å²) >= 11 is 0. The number of nitrogens with zero attached hydrogens (tertiary/aromatic N) is 1. The fourth-order valence-corrected chi connectivity index (χ4v) is 2.25. The summed E-state index contributed by atoms with van der Waals surface area (Å²) in [6.07, 6.45) is 6.71. The Bertz CT molecular complexity index is 871. The van der Waals surface area contributed by atoms with Crippen molar-refractivity contribution in [3.8, 4) is 11.5 Å². The maximum absolute atomic E-state index is 12.1. The van der Waals surface area contributed by atoms with E-state index in [1.54, 1.807) is 30.6 Å². The molecule has 0 aliphatic carbocycles. The highest BCUT2D eigenvalue weighted by molar-refractivity contribution is 6.07. The number of hydrogen-bond acceptors (Lipinski definition) is 4. The third kappa shape index (κ3) is 4.78. The molecule has 0 atom stereocenters. The van der Waals surface area contributed by atoms with Gasteiger partial charge in [-0.1, -0.05) is 36.4 Å². The van der Waals surface area contributed by atoms with Gasteiger partial charge in [0, 0.05) is 23.5 Å². The lowest BCUT2D eigenvalue weighted by Crippen LogP contribution is -1.95. The van der Waals surface area contributed by atoms with Crippen LogP contribution in [0.5, 0.6) is 11.5 Å². The monoisotopic (exact) mass is 331 g/mol. The molecule has 3 rings (SSSR count). The Labute approximate surface area is 146 Å². The number of ketones is 1. The molecule has 0 spiro atoms. The van der Waals surface area contributed by atoms with E-state index in [0.717, 1.165) is 16.9 Å². The molecule has 0 saturated carbocycles. The summed E-state index contributed by atoms with van der Waals surface area (Å²) in [7, 11) is 0. The fourth-order valence-electron chi connectivity index (χ4n) is 2.25. The molecule has 1 heterocycles. The minimum absolute atomic E-state index is 0.0781. The van der Waals surface area contributed by atoms with Crippen LogP contribution in [-0.4, -0.2) is 15.9 Å². The Balaban J connectivity index is 1.59. The zero-order chi connectivity index (χ0) is 17.5. The van der Waals surface area contributed by atoms with Gasteiger partial charge in [-0.05, 0) is 42.0 Å². The van der Waals surface area contributed by atoms with Crippen LogP contribution in [0.2, 0.25) is 0 Å². The van der Waals surface area contributed by atoms with Crippen LogP contribution in [0, 0.1) is 0 Å². The molecule has 0 saturated heterocycles. The van der Waals surface area contributed by atoms with Crippen LogP contribution < -0.4 is 4.74 Å². The second-order valence-electron chi connectivity index (χ2n) is 5.47. The van der Waals surface area contributed by atoms with Crippen molar-refractivity contribution in [1.29, 1.82) is 0 Å². The molecule has 124 valence electrons. The third-order valence-corrected chi connectivity index (χ3v) is 3.57. The molecule has 0 bridgehead atoms. The molecular weight excluding hydrogens is 314 g/mol. The molecule has 0 unspecified atom stereocenters. The lowest BCUT2D eigenvalue weighted by atomic mass is 10.1. The summed E-state index contributed by atoms with van der Waals surface area (Å²) in [6, 6.07) is 17.6. The van der Waals surface area contributed by atoms with E-state index in [-0.39, 0.29) is 11.5 Å². The van der Waals surface area contributed by atoms with Crippen molar-refractivity contribution < 1.29 is 14.6 Å². The first kappa shape index (κ1) is 16.5. The summed E-state index contributed by atoms with van der Waals surface area (Å²) in [5.41, 5.74) is 2.35. The van der Waals surface area contributed by atoms with Gasteiger partial charge in [-0.3, -0.25) is 9.78 Å². The number of carbonyl (C=O) groups excluding carboxylic acids is 1. The molecule has 1 aromatic heterocycles. The van der Waals surface area contributed by atoms with Gasteiger partial charge in [0.2, 0.25) is 0 Å². The Hall–Kier alpha value is -3.40. The second kappa shape index (κ2) is 7.93. The first-order chi connectivity index (χ1) is 12.2. The van der Waals surface area contributed by atoms with Gasteiger partial charge in [0.15, 0.2) is 5.78 Å². The third-order valence-electron chi connectivity index (χ3n) is 3.57. The molecule has 4 heteroatoms. The molecule has 0 aliphatic heterocycles. The summed E-state index contributed by atoms with van der Waals surface area (Å²) in [5.74, 6) is 0.669. The van der Waals surface area contributed by atoms with Crippen LogP contribution in [-0.2, 0) is 6.61 Å². The lowest BCUT2D eigenvalue weighted by molar-refractivity contribution is 0.104. The van der Waals surface area contributed by atoms with E-state index in [0.29, 0.717) is 12.2 Å². The Kier molecular flexibility index (Phi) is 5.22. The van der Waals surface area contributed by atoms with Crippen molar-refractivity contribution in [2.45, 2.75) is 6.61 Å². The van der Waals surface area contributed by atoms with Gasteiger partial charge in [-0.15, -0.1) is 0 Å². The molecule has 25 heavy (non-hydrogen) atoms. The minimum atomic E-state index is -0.159. The lowest BCUT2D eigenvalue weighted by Gasteiger charge is -2.06. The van der Waals surface area contributed by atoms with Crippen LogP contribution in [0.4, 0.5) is 0 Å². The van der Waals surface area contributed by atoms with Gasteiger partial charge in [-0.25, -0.2) is 0 Å². The van der Waals surface area contributed by atoms with Crippen molar-refractivity contribution >= 4 is 11.9 Å². The van der Waals surface area contributed by atoms with Gasteiger partial charge >= 0.3 is 0 Å². The average molecular weight is 331 g/mol. The van der Waals surface area contributed by atoms with Gasteiger partial charge in [0.25, 0.3) is 0 Å². The number of hydrogen-bond donors (Lipinski definition) is 1. The zero-order valence-corrected chi connectivity index (χ0v) is 13.5. The van der Waals surface area contributed by atoms with E-state index >= 15 is 0 Å². The zero-order valence-electron chi connectivity index (χ0n) is 13.5. The first-order valence-electron chi connectivity index (χ1n) is 7.84. The smallest absolute Gasteiger partial charge is 0.185 e. The summed E-state index contributed by atoms with van der Waals surface area (Å²) in [5, 5.41) is 9.42. The minimum Gasteiger partial charge on any atom is -0.508 e. The van der Waals surface area contributed by atoms with Crippen molar-refractivity contribution in [2.75, 3.05) is 0 Å². The summed E-state index contributed by atoms with van der Waals surface area (Å²) in [6.45, 7) is 0.457. The first-order valence-corrected chi connectivity index (χ1v) is 7.84. The van der Waals surface area contributed by atoms with Crippen LogP contribution >= 0.6 is 0 Å². The molecule has 0 amide bonds. The normalized spacial score (nSPS) is 10.7. The Morgan fingerprint density at radius 3 is 2.64 bits per heavy atom. The number of phenolic OH excluding ortho intramolecular Hbond substituents is 1. The highest BCUT2D eigenvalue weighted by Crippen LogP contribution is 2.16. The van der Waals surface area contributed by atoms with Crippen LogP contribution in [0.3, 0.4) is 0 Å². The largest absolute Gasteiger partial charge is 0.508 e. The molecular formula is C21H17NO3. The predicted molar refractivity (Wildman–Crippen MR) is 96.5 cm³/mol. The fraction of sp³-hybridized carbons (Fsp3) is 0.0476. The number of aromatic nitrogens is 1. The number of rotatable bonds is 6. The van der Waals surface area contributed by atoms with E-state index in [1.165, 1.54) is 18.2 Å². The second-order valence-corrected chi connectivity index (χ2v) is 5.47. The average Bonchev–Trinajstić information content (AvgIpc) is 2.66. The molecule has 4 nitrogen and oxygen atoms in total. The number of carbonyl (C=O) groups is 1. The quantitative estimate of drug-likeness (QED) is 0.541. The molecule has 0 aliphatic rings. The van der Waals surface area contributed by atoms with E-state index < -0.39 is 0 Å². The van der Waals surface area contributed by atoms with Crippen molar-refractivity contribution in [1.82, 2.24) is 4.98 Å². The molecule has 0 fully saturated rings. The number of ether oxygens (including phenoxy) is 1. The van der Waals surface area contributed by atoms with Crippen molar-refractivity contribution in [3.05, 3.63) is 95.8 Å². The Morgan fingerprint density at radius 2 is 1.92 bits per heavy atom. The highest BCUT2D eigenvalue weighted by atomic mass is 16.5. The molecule has 2 aromatic carbocycles. The van der Waals surface area contributed by atoms with Crippen LogP contribution in [0.1, 0.15) is 21.5 Å². The maximum atomic E-state index is 12.1. The molecule has 1 N–H and O–H groups in total. The highest BCUT2D eigenvalue weighted by Gasteiger charge is 2.02. The molecule has 3 aromatic rings. The topological polar surface area (TPSA) is 59.4 Å². The van der Waals surface area contributed by atoms with Crippen molar-refractivity contribution in [2.24, 2.45) is 0 Å². The van der Waals surface area contributed by atoms with Gasteiger partial charge < -0.3 is 9.84 Å². The number of benzene rings is 2. The number of phenols is 1. The van der Waals surface area contributed by atoms with E-state index in [1.807, 2.05) is 36.4 Å². The number of allylic oxidation sites excluding steroid dienone is 1. The maximum Gasteiger partial charge on any atom is 0.185 e. The number of aromatic hydroxyl groups is 1. The Morgan fingerprint density at radius 1 is 1.08 bits per heavy atom. The van der Waals surface area contributed by atoms with E-state index in [2.05, 4.69) is 4.98 Å². The van der Waals surface area contributed by atoms with E-state index in [4.69, 9.17) is 4.74 Å². The predicted octanol–water partition coefficient (Wildman–Crippen LogP) is 4.26. The molecule has 0 radical (unpaired) electrons. The SMILES string of the molecule is O=C(C=Cc1ccc(OCc2cccnc2)cc1)c1cccc(O)c1. The van der Waals surface area contributed by atoms with Gasteiger partial charge in [-0.2, -0.15) is 0 Å². The van der Waals surface area contributed by atoms with Crippen molar-refractivity contribution in [3.63, 3.8) is 0 Å². The van der Waals surface area contributed by atoms with Crippen LogP contribution in [0.25, 0.3) is 6.08 Å².